The van der Waals surface area contributed by atoms with Gasteiger partial charge in [-0.1, -0.05) is 12.1 Å². The van der Waals surface area contributed by atoms with Crippen LogP contribution in [0.4, 0.5) is 17.1 Å². The fourth-order valence-electron chi connectivity index (χ4n) is 2.71. The molecule has 0 aliphatic rings. The van der Waals surface area contributed by atoms with Crippen LogP contribution >= 0.6 is 0 Å². The number of anilines is 3. The van der Waals surface area contributed by atoms with Crippen molar-refractivity contribution in [1.29, 1.82) is 0 Å². The van der Waals surface area contributed by atoms with E-state index >= 15 is 0 Å². The van der Waals surface area contributed by atoms with Crippen molar-refractivity contribution in [1.82, 2.24) is 4.98 Å². The number of carbonyl (C=O) groups excluding carboxylic acids is 1. The first-order chi connectivity index (χ1) is 12.5. The Morgan fingerprint density at radius 1 is 0.923 bits per heavy atom. The third kappa shape index (κ3) is 4.39. The van der Waals surface area contributed by atoms with Gasteiger partial charge in [0.2, 0.25) is 0 Å². The molecule has 5 heteroatoms. The van der Waals surface area contributed by atoms with Crippen LogP contribution in [0.1, 0.15) is 21.6 Å². The number of amides is 1. The molecule has 0 saturated carbocycles. The molecule has 1 aromatic heterocycles. The number of nitrogens with one attached hydrogen (secondary N) is 2. The molecule has 1 amide bonds. The summed E-state index contributed by atoms with van der Waals surface area (Å²) in [5.41, 5.74) is 5.02. The van der Waals surface area contributed by atoms with Gasteiger partial charge in [-0.25, -0.2) is 4.98 Å². The van der Waals surface area contributed by atoms with Crippen LogP contribution in [-0.4, -0.2) is 18.0 Å². The van der Waals surface area contributed by atoms with Crippen molar-refractivity contribution in [3.05, 3.63) is 77.6 Å². The van der Waals surface area contributed by atoms with Gasteiger partial charge >= 0.3 is 0 Å². The summed E-state index contributed by atoms with van der Waals surface area (Å²) in [6.07, 6.45) is 1.63. The molecule has 0 aliphatic carbocycles. The molecule has 0 saturated heterocycles. The average Bonchev–Trinajstić information content (AvgIpc) is 2.61. The molecule has 3 aromatic rings. The normalized spacial score (nSPS) is 10.3. The lowest BCUT2D eigenvalue weighted by Crippen LogP contribution is -2.13. The number of methoxy groups -OCH3 is 1. The van der Waals surface area contributed by atoms with Crippen LogP contribution in [0.25, 0.3) is 0 Å². The number of aromatic nitrogens is 1. The number of carbonyl (C=O) groups is 1. The standard InChI is InChI=1S/C21H21N3O2/c1-14-9-15(2)11-18(10-14)24-21(25)20-8-7-17(13-22-20)23-16-5-4-6-19(12-16)26-3/h4-13,23H,1-3H3,(H,24,25). The van der Waals surface area contributed by atoms with Gasteiger partial charge in [-0.15, -0.1) is 0 Å². The Hall–Kier alpha value is -3.34. The Kier molecular flexibility index (Phi) is 5.17. The van der Waals surface area contributed by atoms with Crippen molar-refractivity contribution in [2.45, 2.75) is 13.8 Å². The van der Waals surface area contributed by atoms with Gasteiger partial charge in [0.25, 0.3) is 5.91 Å². The lowest BCUT2D eigenvalue weighted by molar-refractivity contribution is 0.102. The van der Waals surface area contributed by atoms with Gasteiger partial charge in [-0.3, -0.25) is 4.79 Å². The summed E-state index contributed by atoms with van der Waals surface area (Å²) in [7, 11) is 1.63. The van der Waals surface area contributed by atoms with E-state index in [1.165, 1.54) is 0 Å². The van der Waals surface area contributed by atoms with Crippen molar-refractivity contribution >= 4 is 23.0 Å². The molecule has 0 aliphatic heterocycles. The van der Waals surface area contributed by atoms with E-state index < -0.39 is 0 Å². The highest BCUT2D eigenvalue weighted by Crippen LogP contribution is 2.21. The quantitative estimate of drug-likeness (QED) is 0.702. The minimum Gasteiger partial charge on any atom is -0.497 e. The number of benzene rings is 2. The Labute approximate surface area is 153 Å². The van der Waals surface area contributed by atoms with Crippen LogP contribution in [0, 0.1) is 13.8 Å². The number of nitrogens with zero attached hydrogens (tertiary/aromatic N) is 1. The fourth-order valence-corrected chi connectivity index (χ4v) is 2.71. The molecular weight excluding hydrogens is 326 g/mol. The van der Waals surface area contributed by atoms with E-state index in [-0.39, 0.29) is 5.91 Å². The summed E-state index contributed by atoms with van der Waals surface area (Å²) in [4.78, 5) is 16.6. The summed E-state index contributed by atoms with van der Waals surface area (Å²) in [6.45, 7) is 4.00. The number of aryl methyl sites for hydroxylation is 2. The van der Waals surface area contributed by atoms with Crippen LogP contribution in [-0.2, 0) is 0 Å². The molecule has 0 fully saturated rings. The van der Waals surface area contributed by atoms with Crippen LogP contribution in [0.2, 0.25) is 0 Å². The summed E-state index contributed by atoms with van der Waals surface area (Å²) >= 11 is 0. The Morgan fingerprint density at radius 3 is 2.35 bits per heavy atom. The molecule has 2 aromatic carbocycles. The van der Waals surface area contributed by atoms with E-state index in [4.69, 9.17) is 4.74 Å². The molecule has 1 heterocycles. The second-order valence-electron chi connectivity index (χ2n) is 6.12. The molecule has 5 nitrogen and oxygen atoms in total. The maximum atomic E-state index is 12.4. The maximum absolute atomic E-state index is 12.4. The third-order valence-corrected chi connectivity index (χ3v) is 3.83. The maximum Gasteiger partial charge on any atom is 0.274 e. The van der Waals surface area contributed by atoms with E-state index in [0.717, 1.165) is 33.9 Å². The average molecular weight is 347 g/mol. The first-order valence-corrected chi connectivity index (χ1v) is 8.30. The summed E-state index contributed by atoms with van der Waals surface area (Å²) in [6, 6.07) is 17.1. The Morgan fingerprint density at radius 2 is 1.69 bits per heavy atom. The monoisotopic (exact) mass is 347 g/mol. The zero-order valence-electron chi connectivity index (χ0n) is 15.0. The number of pyridine rings is 1. The molecule has 0 atom stereocenters. The van der Waals surface area contributed by atoms with E-state index in [1.54, 1.807) is 19.4 Å². The second-order valence-corrected chi connectivity index (χ2v) is 6.12. The predicted molar refractivity (Wildman–Crippen MR) is 104 cm³/mol. The second kappa shape index (κ2) is 7.70. The molecule has 0 spiro atoms. The van der Waals surface area contributed by atoms with E-state index in [2.05, 4.69) is 21.7 Å². The number of ether oxygens (including phenoxy) is 1. The van der Waals surface area contributed by atoms with Crippen LogP contribution < -0.4 is 15.4 Å². The van der Waals surface area contributed by atoms with Crippen molar-refractivity contribution in [3.63, 3.8) is 0 Å². The fraction of sp³-hybridized carbons (Fsp3) is 0.143. The highest BCUT2D eigenvalue weighted by atomic mass is 16.5. The van der Waals surface area contributed by atoms with Crippen molar-refractivity contribution in [2.75, 3.05) is 17.7 Å². The summed E-state index contributed by atoms with van der Waals surface area (Å²) in [5.74, 6) is 0.537. The first-order valence-electron chi connectivity index (χ1n) is 8.30. The molecule has 0 unspecified atom stereocenters. The highest BCUT2D eigenvalue weighted by molar-refractivity contribution is 6.03. The van der Waals surface area contributed by atoms with Gasteiger partial charge in [-0.2, -0.15) is 0 Å². The van der Waals surface area contributed by atoms with Crippen LogP contribution in [0.3, 0.4) is 0 Å². The minimum atomic E-state index is -0.233. The minimum absolute atomic E-state index is 0.233. The van der Waals surface area contributed by atoms with E-state index in [1.807, 2.05) is 56.3 Å². The van der Waals surface area contributed by atoms with E-state index in [0.29, 0.717) is 5.69 Å². The third-order valence-electron chi connectivity index (χ3n) is 3.83. The molecule has 3 rings (SSSR count). The van der Waals surface area contributed by atoms with Gasteiger partial charge in [0.1, 0.15) is 11.4 Å². The van der Waals surface area contributed by atoms with Crippen LogP contribution in [0.15, 0.2) is 60.8 Å². The lowest BCUT2D eigenvalue weighted by atomic mass is 10.1. The number of hydrogen-bond donors (Lipinski definition) is 2. The number of hydrogen-bond acceptors (Lipinski definition) is 4. The van der Waals surface area contributed by atoms with E-state index in [9.17, 15) is 4.79 Å². The highest BCUT2D eigenvalue weighted by Gasteiger charge is 2.08. The molecule has 0 radical (unpaired) electrons. The molecule has 26 heavy (non-hydrogen) atoms. The topological polar surface area (TPSA) is 63.2 Å². The predicted octanol–water partition coefficient (Wildman–Crippen LogP) is 4.70. The van der Waals surface area contributed by atoms with Crippen molar-refractivity contribution < 1.29 is 9.53 Å². The Balaban J connectivity index is 1.69. The van der Waals surface area contributed by atoms with Gasteiger partial charge in [-0.05, 0) is 61.4 Å². The molecule has 132 valence electrons. The first kappa shape index (κ1) is 17.5. The summed E-state index contributed by atoms with van der Waals surface area (Å²) in [5, 5.41) is 6.12. The van der Waals surface area contributed by atoms with Crippen molar-refractivity contribution in [2.24, 2.45) is 0 Å². The van der Waals surface area contributed by atoms with Gasteiger partial charge in [0.15, 0.2) is 0 Å². The molecular formula is C21H21N3O2. The van der Waals surface area contributed by atoms with Gasteiger partial charge in [0, 0.05) is 17.4 Å². The van der Waals surface area contributed by atoms with Crippen LogP contribution in [0.5, 0.6) is 5.75 Å². The SMILES string of the molecule is COc1cccc(Nc2ccc(C(=O)Nc3cc(C)cc(C)c3)nc2)c1. The van der Waals surface area contributed by atoms with Gasteiger partial charge < -0.3 is 15.4 Å². The summed E-state index contributed by atoms with van der Waals surface area (Å²) < 4.78 is 5.21. The molecule has 0 bridgehead atoms. The zero-order chi connectivity index (χ0) is 18.5. The number of rotatable bonds is 5. The van der Waals surface area contributed by atoms with Crippen molar-refractivity contribution in [3.8, 4) is 5.75 Å². The lowest BCUT2D eigenvalue weighted by Gasteiger charge is -2.09. The van der Waals surface area contributed by atoms with Gasteiger partial charge in [0.05, 0.1) is 19.0 Å². The smallest absolute Gasteiger partial charge is 0.274 e. The zero-order valence-corrected chi connectivity index (χ0v) is 15.0. The Bertz CT molecular complexity index is 901. The largest absolute Gasteiger partial charge is 0.497 e. The molecule has 2 N–H and O–H groups in total.